The normalized spacial score (nSPS) is 15.2. The van der Waals surface area contributed by atoms with Gasteiger partial charge in [-0.1, -0.05) is 45.4 Å². The van der Waals surface area contributed by atoms with Crippen LogP contribution in [-0.4, -0.2) is 29.9 Å². The maximum absolute atomic E-state index is 12.7. The number of nitrogens with one attached hydrogen (secondary N) is 3. The van der Waals surface area contributed by atoms with E-state index in [1.54, 1.807) is 24.3 Å². The molecule has 7 nitrogen and oxygen atoms in total. The number of hydrogen-bond donors (Lipinski definition) is 3. The molecule has 0 spiro atoms. The molecule has 1 saturated carbocycles. The minimum absolute atomic E-state index is 0.251. The topological polar surface area (TPSA) is 96.5 Å². The zero-order chi connectivity index (χ0) is 21.1. The van der Waals surface area contributed by atoms with Crippen molar-refractivity contribution in [3.8, 4) is 5.75 Å². The van der Waals surface area contributed by atoms with Gasteiger partial charge in [-0.05, 0) is 43.5 Å². The molecule has 1 fully saturated rings. The fourth-order valence-corrected chi connectivity index (χ4v) is 3.63. The highest BCUT2D eigenvalue weighted by Gasteiger charge is 2.40. The lowest BCUT2D eigenvalue weighted by Crippen LogP contribution is -2.62. The molecule has 1 aliphatic carbocycles. The molecule has 0 aromatic heterocycles. The van der Waals surface area contributed by atoms with Crippen LogP contribution in [0.25, 0.3) is 0 Å². The molecular weight excluding hydrogens is 370 g/mol. The highest BCUT2D eigenvalue weighted by atomic mass is 16.5. The van der Waals surface area contributed by atoms with Crippen LogP contribution in [0.15, 0.2) is 24.3 Å². The van der Waals surface area contributed by atoms with Crippen molar-refractivity contribution in [1.29, 1.82) is 0 Å². The van der Waals surface area contributed by atoms with Crippen LogP contribution in [0, 0.1) is 0 Å². The molecule has 7 heteroatoms. The van der Waals surface area contributed by atoms with E-state index in [-0.39, 0.29) is 11.8 Å². The van der Waals surface area contributed by atoms with Gasteiger partial charge >= 0.3 is 0 Å². The van der Waals surface area contributed by atoms with Crippen LogP contribution >= 0.6 is 0 Å². The van der Waals surface area contributed by atoms with E-state index in [0.29, 0.717) is 30.8 Å². The fraction of sp³-hybridized carbons (Fsp3) is 0.591. The lowest BCUT2D eigenvalue weighted by atomic mass is 9.81. The van der Waals surface area contributed by atoms with Crippen molar-refractivity contribution in [3.63, 3.8) is 0 Å². The molecule has 0 saturated heterocycles. The van der Waals surface area contributed by atoms with Crippen LogP contribution < -0.4 is 20.9 Å². The van der Waals surface area contributed by atoms with Gasteiger partial charge in [0.1, 0.15) is 11.3 Å². The number of unbranched alkanes of at least 4 members (excludes halogenated alkanes) is 3. The van der Waals surface area contributed by atoms with Crippen LogP contribution in [0.4, 0.5) is 0 Å². The molecule has 0 atom stereocenters. The van der Waals surface area contributed by atoms with Crippen molar-refractivity contribution in [1.82, 2.24) is 16.2 Å². The van der Waals surface area contributed by atoms with Crippen LogP contribution in [0.1, 0.15) is 82.0 Å². The Morgan fingerprint density at radius 1 is 0.966 bits per heavy atom. The predicted octanol–water partition coefficient (Wildman–Crippen LogP) is 3.25. The molecule has 1 aliphatic rings. The maximum atomic E-state index is 12.7. The van der Waals surface area contributed by atoms with Crippen LogP contribution in [0.3, 0.4) is 0 Å². The Kier molecular flexibility index (Phi) is 8.96. The number of hydrogen-bond acceptors (Lipinski definition) is 4. The summed E-state index contributed by atoms with van der Waals surface area (Å²) in [6.07, 6.45) is 8.45. The first kappa shape index (κ1) is 22.7. The minimum Gasteiger partial charge on any atom is -0.494 e. The standard InChI is InChI=1S/C22H33N3O4/c1-3-4-5-9-16-29-19-12-10-18(11-13-19)20(27)24-25-21(28)22(23-17(2)26)14-7-6-8-15-22/h10-13H,3-9,14-16H2,1-2H3,(H,23,26)(H,24,27)(H,25,28). The van der Waals surface area contributed by atoms with Gasteiger partial charge in [-0.3, -0.25) is 25.2 Å². The average Bonchev–Trinajstić information content (AvgIpc) is 2.72. The Labute approximate surface area is 172 Å². The summed E-state index contributed by atoms with van der Waals surface area (Å²) in [5.74, 6) is -0.332. The quantitative estimate of drug-likeness (QED) is 0.436. The Balaban J connectivity index is 1.84. The second-order valence-electron chi connectivity index (χ2n) is 7.67. The van der Waals surface area contributed by atoms with E-state index in [1.165, 1.54) is 19.8 Å². The Morgan fingerprint density at radius 2 is 1.66 bits per heavy atom. The molecule has 3 N–H and O–H groups in total. The summed E-state index contributed by atoms with van der Waals surface area (Å²) in [6, 6.07) is 6.81. The summed E-state index contributed by atoms with van der Waals surface area (Å²) in [6.45, 7) is 4.23. The summed E-state index contributed by atoms with van der Waals surface area (Å²) in [7, 11) is 0. The lowest BCUT2D eigenvalue weighted by Gasteiger charge is -2.36. The molecule has 29 heavy (non-hydrogen) atoms. The van der Waals surface area contributed by atoms with Crippen molar-refractivity contribution >= 4 is 17.7 Å². The average molecular weight is 404 g/mol. The number of carbonyl (C=O) groups is 3. The van der Waals surface area contributed by atoms with Gasteiger partial charge in [0.2, 0.25) is 5.91 Å². The molecule has 0 radical (unpaired) electrons. The van der Waals surface area contributed by atoms with E-state index >= 15 is 0 Å². The van der Waals surface area contributed by atoms with Crippen molar-refractivity contribution in [3.05, 3.63) is 29.8 Å². The molecule has 0 bridgehead atoms. The van der Waals surface area contributed by atoms with E-state index in [4.69, 9.17) is 4.74 Å². The molecule has 2 rings (SSSR count). The van der Waals surface area contributed by atoms with E-state index in [0.717, 1.165) is 32.1 Å². The summed E-state index contributed by atoms with van der Waals surface area (Å²) in [5.41, 5.74) is 4.40. The zero-order valence-electron chi connectivity index (χ0n) is 17.5. The summed E-state index contributed by atoms with van der Waals surface area (Å²) >= 11 is 0. The molecular formula is C22H33N3O4. The Bertz CT molecular complexity index is 682. The van der Waals surface area contributed by atoms with Gasteiger partial charge in [0.05, 0.1) is 6.61 Å². The van der Waals surface area contributed by atoms with E-state index < -0.39 is 11.4 Å². The number of ether oxygens (including phenoxy) is 1. The summed E-state index contributed by atoms with van der Waals surface area (Å²) in [5, 5.41) is 2.78. The van der Waals surface area contributed by atoms with Gasteiger partial charge in [-0.25, -0.2) is 0 Å². The Morgan fingerprint density at radius 3 is 2.28 bits per heavy atom. The van der Waals surface area contributed by atoms with Gasteiger partial charge in [0.25, 0.3) is 11.8 Å². The number of hydrazine groups is 1. The first-order valence-corrected chi connectivity index (χ1v) is 10.6. The van der Waals surface area contributed by atoms with E-state index in [1.807, 2.05) is 0 Å². The first-order valence-electron chi connectivity index (χ1n) is 10.6. The molecule has 1 aromatic rings. The number of benzene rings is 1. The van der Waals surface area contributed by atoms with Gasteiger partial charge in [0.15, 0.2) is 0 Å². The summed E-state index contributed by atoms with van der Waals surface area (Å²) < 4.78 is 5.67. The third-order valence-electron chi connectivity index (χ3n) is 5.23. The van der Waals surface area contributed by atoms with E-state index in [9.17, 15) is 14.4 Å². The molecule has 1 aromatic carbocycles. The third kappa shape index (κ3) is 7.07. The van der Waals surface area contributed by atoms with Crippen molar-refractivity contribution in [2.75, 3.05) is 6.61 Å². The van der Waals surface area contributed by atoms with E-state index in [2.05, 4.69) is 23.1 Å². The first-order chi connectivity index (χ1) is 14.0. The maximum Gasteiger partial charge on any atom is 0.269 e. The van der Waals surface area contributed by atoms with Crippen molar-refractivity contribution < 1.29 is 19.1 Å². The smallest absolute Gasteiger partial charge is 0.269 e. The van der Waals surface area contributed by atoms with Crippen LogP contribution in [0.2, 0.25) is 0 Å². The molecule has 3 amide bonds. The summed E-state index contributed by atoms with van der Waals surface area (Å²) in [4.78, 5) is 36.6. The van der Waals surface area contributed by atoms with Crippen LogP contribution in [-0.2, 0) is 9.59 Å². The fourth-order valence-electron chi connectivity index (χ4n) is 3.63. The van der Waals surface area contributed by atoms with Gasteiger partial charge < -0.3 is 10.1 Å². The van der Waals surface area contributed by atoms with Gasteiger partial charge in [-0.15, -0.1) is 0 Å². The SMILES string of the molecule is CCCCCCOc1ccc(C(=O)NNC(=O)C2(NC(C)=O)CCCCC2)cc1. The number of carbonyl (C=O) groups excluding carboxylic acids is 3. The second kappa shape index (κ2) is 11.4. The lowest BCUT2D eigenvalue weighted by molar-refractivity contribution is -0.134. The minimum atomic E-state index is -0.952. The highest BCUT2D eigenvalue weighted by Crippen LogP contribution is 2.28. The van der Waals surface area contributed by atoms with Gasteiger partial charge in [-0.2, -0.15) is 0 Å². The van der Waals surface area contributed by atoms with Crippen molar-refractivity contribution in [2.45, 2.75) is 77.2 Å². The molecule has 0 aliphatic heterocycles. The van der Waals surface area contributed by atoms with Crippen molar-refractivity contribution in [2.24, 2.45) is 0 Å². The van der Waals surface area contributed by atoms with Crippen LogP contribution in [0.5, 0.6) is 5.75 Å². The largest absolute Gasteiger partial charge is 0.494 e. The third-order valence-corrected chi connectivity index (χ3v) is 5.23. The number of rotatable bonds is 9. The number of amides is 3. The monoisotopic (exact) mass is 403 g/mol. The molecule has 0 unspecified atom stereocenters. The molecule has 0 heterocycles. The second-order valence-corrected chi connectivity index (χ2v) is 7.67. The zero-order valence-corrected chi connectivity index (χ0v) is 17.5. The highest BCUT2D eigenvalue weighted by molar-refractivity contribution is 5.97. The predicted molar refractivity (Wildman–Crippen MR) is 111 cm³/mol. The Hall–Kier alpha value is -2.57. The molecule has 160 valence electrons. The van der Waals surface area contributed by atoms with Gasteiger partial charge in [0, 0.05) is 12.5 Å².